The van der Waals surface area contributed by atoms with Crippen LogP contribution in [0.1, 0.15) is 36.4 Å². The number of nitro groups is 1. The highest BCUT2D eigenvalue weighted by Gasteiger charge is 2.27. The Hall–Kier alpha value is -2.75. The number of rotatable bonds is 4. The van der Waals surface area contributed by atoms with E-state index in [0.29, 0.717) is 35.6 Å². The minimum absolute atomic E-state index is 0.0206. The predicted octanol–water partition coefficient (Wildman–Crippen LogP) is 2.48. The molecule has 2 aromatic heterocycles. The van der Waals surface area contributed by atoms with Gasteiger partial charge in [-0.2, -0.15) is 10.4 Å². The molecule has 7 nitrogen and oxygen atoms in total. The van der Waals surface area contributed by atoms with Gasteiger partial charge < -0.3 is 0 Å². The van der Waals surface area contributed by atoms with Crippen LogP contribution in [0.5, 0.6) is 0 Å². The number of nitrogens with zero attached hydrogens (tertiary/aromatic N) is 5. The van der Waals surface area contributed by atoms with Crippen LogP contribution >= 0.6 is 0 Å². The highest BCUT2D eigenvalue weighted by Crippen LogP contribution is 2.28. The van der Waals surface area contributed by atoms with Crippen molar-refractivity contribution < 1.29 is 4.92 Å². The summed E-state index contributed by atoms with van der Waals surface area (Å²) in [5.74, 6) is 0.345. The monoisotopic (exact) mass is 285 g/mol. The Morgan fingerprint density at radius 2 is 2.14 bits per heavy atom. The Balaban J connectivity index is 2.80. The van der Waals surface area contributed by atoms with Gasteiger partial charge in [0.1, 0.15) is 17.5 Å². The van der Waals surface area contributed by atoms with Crippen molar-refractivity contribution in [2.45, 2.75) is 33.6 Å². The molecule has 0 aliphatic heterocycles. The molecule has 2 aromatic rings. The van der Waals surface area contributed by atoms with Crippen LogP contribution in [0.2, 0.25) is 0 Å². The van der Waals surface area contributed by atoms with Gasteiger partial charge in [0, 0.05) is 6.20 Å². The van der Waals surface area contributed by atoms with Gasteiger partial charge in [-0.25, -0.2) is 9.67 Å². The Bertz CT molecular complexity index is 743. The molecule has 2 rings (SSSR count). The first-order chi connectivity index (χ1) is 10.0. The molecule has 0 N–H and O–H groups in total. The molecule has 0 aliphatic carbocycles. The van der Waals surface area contributed by atoms with Crippen LogP contribution < -0.4 is 0 Å². The lowest BCUT2D eigenvalue weighted by atomic mass is 10.1. The maximum Gasteiger partial charge on any atom is 0.313 e. The Kier molecular flexibility index (Phi) is 3.98. The minimum Gasteiger partial charge on any atom is -0.258 e. The molecule has 0 unspecified atom stereocenters. The first kappa shape index (κ1) is 14.7. The Labute approximate surface area is 122 Å². The first-order valence-electron chi connectivity index (χ1n) is 6.66. The average Bonchev–Trinajstić information content (AvgIpc) is 2.85. The third-order valence-electron chi connectivity index (χ3n) is 3.33. The van der Waals surface area contributed by atoms with Crippen molar-refractivity contribution in [3.63, 3.8) is 0 Å². The molecule has 0 fully saturated rings. The summed E-state index contributed by atoms with van der Waals surface area (Å²) in [6.45, 7) is 5.43. The van der Waals surface area contributed by atoms with Crippen molar-refractivity contribution in [1.82, 2.24) is 14.8 Å². The van der Waals surface area contributed by atoms with Crippen LogP contribution in [-0.2, 0) is 12.8 Å². The van der Waals surface area contributed by atoms with E-state index in [1.54, 1.807) is 19.2 Å². The summed E-state index contributed by atoms with van der Waals surface area (Å²) in [4.78, 5) is 15.1. The lowest BCUT2D eigenvalue weighted by Gasteiger charge is -2.07. The van der Waals surface area contributed by atoms with Crippen LogP contribution in [-0.4, -0.2) is 19.7 Å². The van der Waals surface area contributed by atoms with Crippen LogP contribution in [0.15, 0.2) is 12.3 Å². The molecule has 21 heavy (non-hydrogen) atoms. The molecule has 0 spiro atoms. The molecule has 0 aromatic carbocycles. The molecule has 2 heterocycles. The van der Waals surface area contributed by atoms with Gasteiger partial charge in [-0.3, -0.25) is 10.1 Å². The maximum absolute atomic E-state index is 11.3. The summed E-state index contributed by atoms with van der Waals surface area (Å²) < 4.78 is 1.43. The van der Waals surface area contributed by atoms with Crippen molar-refractivity contribution >= 4 is 5.69 Å². The third-order valence-corrected chi connectivity index (χ3v) is 3.33. The van der Waals surface area contributed by atoms with Crippen LogP contribution in [0, 0.1) is 28.4 Å². The number of nitriles is 1. The highest BCUT2D eigenvalue weighted by molar-refractivity contribution is 5.52. The van der Waals surface area contributed by atoms with Gasteiger partial charge in [-0.05, 0) is 31.4 Å². The summed E-state index contributed by atoms with van der Waals surface area (Å²) in [6, 6.07) is 3.82. The zero-order valence-corrected chi connectivity index (χ0v) is 12.1. The number of hydrogen-bond donors (Lipinski definition) is 0. The Morgan fingerprint density at radius 1 is 1.43 bits per heavy atom. The second-order valence-electron chi connectivity index (χ2n) is 4.56. The lowest BCUT2D eigenvalue weighted by molar-refractivity contribution is -0.386. The number of hydrogen-bond acceptors (Lipinski definition) is 5. The van der Waals surface area contributed by atoms with Crippen molar-refractivity contribution in [2.75, 3.05) is 0 Å². The van der Waals surface area contributed by atoms with Gasteiger partial charge in [-0.1, -0.05) is 13.8 Å². The smallest absolute Gasteiger partial charge is 0.258 e. The van der Waals surface area contributed by atoms with E-state index in [1.165, 1.54) is 4.68 Å². The fourth-order valence-corrected chi connectivity index (χ4v) is 2.28. The molecule has 0 aliphatic rings. The maximum atomic E-state index is 11.3. The summed E-state index contributed by atoms with van der Waals surface area (Å²) in [5, 5.41) is 24.9. The molecule has 0 bridgehead atoms. The molecular formula is C14H15N5O2. The molecule has 0 radical (unpaired) electrons. The molecule has 0 saturated carbocycles. The van der Waals surface area contributed by atoms with Gasteiger partial charge in [-0.15, -0.1) is 0 Å². The van der Waals surface area contributed by atoms with E-state index in [-0.39, 0.29) is 5.69 Å². The van der Waals surface area contributed by atoms with E-state index in [1.807, 2.05) is 13.8 Å². The topological polar surface area (TPSA) is 97.6 Å². The van der Waals surface area contributed by atoms with Crippen LogP contribution in [0.3, 0.4) is 0 Å². The highest BCUT2D eigenvalue weighted by atomic mass is 16.6. The second-order valence-corrected chi connectivity index (χ2v) is 4.56. The fraction of sp³-hybridized carbons (Fsp3) is 0.357. The molecule has 0 amide bonds. The van der Waals surface area contributed by atoms with Crippen molar-refractivity contribution in [3.8, 4) is 11.9 Å². The quantitative estimate of drug-likeness (QED) is 0.635. The molecule has 108 valence electrons. The molecular weight excluding hydrogens is 270 g/mol. The van der Waals surface area contributed by atoms with E-state index < -0.39 is 4.92 Å². The van der Waals surface area contributed by atoms with Gasteiger partial charge in [0.25, 0.3) is 0 Å². The number of aryl methyl sites for hydroxylation is 2. The summed E-state index contributed by atoms with van der Waals surface area (Å²) in [6.07, 6.45) is 2.46. The van der Waals surface area contributed by atoms with Gasteiger partial charge in [0.2, 0.25) is 0 Å². The minimum atomic E-state index is -0.414. The standard InChI is InChI=1S/C14H15N5O2/c1-4-11-13(19(20)21)12(5-2)18(17-11)14-10(8-15)9(3)6-7-16-14/h6-7H,4-5H2,1-3H3. The molecule has 7 heteroatoms. The van der Waals surface area contributed by atoms with E-state index in [2.05, 4.69) is 16.2 Å². The number of aromatic nitrogens is 3. The predicted molar refractivity (Wildman–Crippen MR) is 76.2 cm³/mol. The average molecular weight is 285 g/mol. The third kappa shape index (κ3) is 2.36. The zero-order valence-electron chi connectivity index (χ0n) is 12.1. The Morgan fingerprint density at radius 3 is 2.67 bits per heavy atom. The van der Waals surface area contributed by atoms with Gasteiger partial charge >= 0.3 is 5.69 Å². The second kappa shape index (κ2) is 5.71. The van der Waals surface area contributed by atoms with Gasteiger partial charge in [0.15, 0.2) is 5.82 Å². The van der Waals surface area contributed by atoms with Crippen molar-refractivity contribution in [3.05, 3.63) is 44.9 Å². The van der Waals surface area contributed by atoms with Gasteiger partial charge in [0.05, 0.1) is 10.5 Å². The van der Waals surface area contributed by atoms with E-state index >= 15 is 0 Å². The number of pyridine rings is 1. The molecule has 0 saturated heterocycles. The van der Waals surface area contributed by atoms with Crippen molar-refractivity contribution in [2.24, 2.45) is 0 Å². The van der Waals surface area contributed by atoms with E-state index in [4.69, 9.17) is 0 Å². The van der Waals surface area contributed by atoms with E-state index in [9.17, 15) is 15.4 Å². The fourth-order valence-electron chi connectivity index (χ4n) is 2.28. The van der Waals surface area contributed by atoms with Crippen LogP contribution in [0.4, 0.5) is 5.69 Å². The SMILES string of the molecule is CCc1nn(-c2nccc(C)c2C#N)c(CC)c1[N+](=O)[O-]. The largest absolute Gasteiger partial charge is 0.313 e. The first-order valence-corrected chi connectivity index (χ1v) is 6.66. The van der Waals surface area contributed by atoms with E-state index in [0.717, 1.165) is 5.56 Å². The lowest BCUT2D eigenvalue weighted by Crippen LogP contribution is -2.08. The zero-order chi connectivity index (χ0) is 15.6. The van der Waals surface area contributed by atoms with Crippen LogP contribution in [0.25, 0.3) is 5.82 Å². The molecule has 0 atom stereocenters. The summed E-state index contributed by atoms with van der Waals surface area (Å²) in [7, 11) is 0. The normalized spacial score (nSPS) is 10.4. The summed E-state index contributed by atoms with van der Waals surface area (Å²) in [5.41, 5.74) is 2.04. The summed E-state index contributed by atoms with van der Waals surface area (Å²) >= 11 is 0. The van der Waals surface area contributed by atoms with Crippen molar-refractivity contribution in [1.29, 1.82) is 5.26 Å².